The quantitative estimate of drug-likeness (QED) is 0.507. The number of hydrogen-bond donors (Lipinski definition) is 1. The Hall–Kier alpha value is -2.00. The highest BCUT2D eigenvalue weighted by atomic mass is 19.2. The highest BCUT2D eigenvalue weighted by molar-refractivity contribution is 5.69. The van der Waals surface area contributed by atoms with Crippen LogP contribution in [0.1, 0.15) is 33.6 Å². The van der Waals surface area contributed by atoms with Gasteiger partial charge in [0.25, 0.3) is 6.47 Å². The summed E-state index contributed by atoms with van der Waals surface area (Å²) in [5.74, 6) is -1.75. The number of carbonyl (C=O) groups excluding carboxylic acids is 2. The molecule has 27 heavy (non-hydrogen) atoms. The standard InChI is InChI=1S/C18H26F2N2O5/c1-11(2)15(19)16(20)12(3)6-26-13-4-14(5-13)27-17(24)22-7-18(21,8-22)9-25-10-23/h10,13-14H,4-9,21H2,1-3H3/b16-12-/t13-,14+. The van der Waals surface area contributed by atoms with Crippen LogP contribution in [0.15, 0.2) is 22.8 Å². The minimum absolute atomic E-state index is 0.0174. The summed E-state index contributed by atoms with van der Waals surface area (Å²) in [4.78, 5) is 23.6. The summed E-state index contributed by atoms with van der Waals surface area (Å²) in [5.41, 5.74) is 5.67. The van der Waals surface area contributed by atoms with Crippen LogP contribution in [0.2, 0.25) is 0 Å². The van der Waals surface area contributed by atoms with Crippen molar-refractivity contribution in [2.24, 2.45) is 5.73 Å². The molecule has 1 saturated carbocycles. The van der Waals surface area contributed by atoms with Gasteiger partial charge in [0.15, 0.2) is 11.7 Å². The number of allylic oxidation sites excluding steroid dienone is 3. The molecule has 0 aromatic heterocycles. The first-order valence-corrected chi connectivity index (χ1v) is 8.75. The highest BCUT2D eigenvalue weighted by Crippen LogP contribution is 2.30. The highest BCUT2D eigenvalue weighted by Gasteiger charge is 2.45. The lowest BCUT2D eigenvalue weighted by Crippen LogP contribution is -2.71. The van der Waals surface area contributed by atoms with Gasteiger partial charge in [-0.3, -0.25) is 4.79 Å². The second kappa shape index (κ2) is 8.79. The number of carbonyl (C=O) groups is 2. The summed E-state index contributed by atoms with van der Waals surface area (Å²) in [5, 5.41) is 0. The first kappa shape index (κ1) is 21.3. The fourth-order valence-corrected chi connectivity index (χ4v) is 2.81. The number of likely N-dealkylation sites (tertiary alicyclic amines) is 1. The molecule has 2 rings (SSSR count). The molecule has 0 spiro atoms. The maximum Gasteiger partial charge on any atom is 0.410 e. The number of amides is 1. The van der Waals surface area contributed by atoms with Gasteiger partial charge in [-0.25, -0.2) is 13.6 Å². The van der Waals surface area contributed by atoms with E-state index in [-0.39, 0.29) is 49.7 Å². The molecule has 2 N–H and O–H groups in total. The molecule has 2 aliphatic rings. The minimum atomic E-state index is -0.890. The van der Waals surface area contributed by atoms with E-state index in [1.54, 1.807) is 0 Å². The van der Waals surface area contributed by atoms with E-state index in [2.05, 4.69) is 4.74 Å². The average Bonchev–Trinajstić information content (AvgIpc) is 2.57. The van der Waals surface area contributed by atoms with Gasteiger partial charge in [-0.15, -0.1) is 0 Å². The van der Waals surface area contributed by atoms with E-state index >= 15 is 0 Å². The van der Waals surface area contributed by atoms with E-state index in [4.69, 9.17) is 15.2 Å². The summed E-state index contributed by atoms with van der Waals surface area (Å²) in [6.45, 7) is 5.34. The number of rotatable bonds is 8. The molecule has 7 nitrogen and oxygen atoms in total. The van der Waals surface area contributed by atoms with E-state index < -0.39 is 23.3 Å². The van der Waals surface area contributed by atoms with Gasteiger partial charge >= 0.3 is 6.09 Å². The zero-order valence-electron chi connectivity index (χ0n) is 15.8. The van der Waals surface area contributed by atoms with Crippen molar-refractivity contribution in [3.05, 3.63) is 22.8 Å². The molecule has 0 unspecified atom stereocenters. The summed E-state index contributed by atoms with van der Waals surface area (Å²) in [6, 6.07) is 0. The zero-order valence-corrected chi connectivity index (χ0v) is 15.8. The Balaban J connectivity index is 1.66. The molecule has 0 atom stereocenters. The molecule has 0 radical (unpaired) electrons. The van der Waals surface area contributed by atoms with Gasteiger partial charge in [0.1, 0.15) is 12.7 Å². The first-order chi connectivity index (χ1) is 12.6. The first-order valence-electron chi connectivity index (χ1n) is 8.75. The second-order valence-corrected chi connectivity index (χ2v) is 7.44. The predicted octanol–water partition coefficient (Wildman–Crippen LogP) is 2.36. The Kier molecular flexibility index (Phi) is 6.94. The number of hydrogen-bond acceptors (Lipinski definition) is 6. The maximum absolute atomic E-state index is 13.8. The van der Waals surface area contributed by atoms with Crippen LogP contribution < -0.4 is 5.73 Å². The van der Waals surface area contributed by atoms with Crippen LogP contribution >= 0.6 is 0 Å². The van der Waals surface area contributed by atoms with Crippen LogP contribution in [0.5, 0.6) is 0 Å². The zero-order chi connectivity index (χ0) is 20.2. The second-order valence-electron chi connectivity index (χ2n) is 7.44. The van der Waals surface area contributed by atoms with Crippen molar-refractivity contribution < 1.29 is 32.6 Å². The molecule has 1 aliphatic carbocycles. The molecule has 1 aliphatic heterocycles. The Bertz CT molecular complexity index is 634. The van der Waals surface area contributed by atoms with Crippen LogP contribution in [0, 0.1) is 0 Å². The Morgan fingerprint density at radius 1 is 1.19 bits per heavy atom. The molecule has 152 valence electrons. The van der Waals surface area contributed by atoms with Crippen molar-refractivity contribution in [3.8, 4) is 0 Å². The third kappa shape index (κ3) is 5.49. The lowest BCUT2D eigenvalue weighted by molar-refractivity contribution is -0.132. The number of ether oxygens (including phenoxy) is 3. The van der Waals surface area contributed by atoms with Gasteiger partial charge in [-0.05, 0) is 31.9 Å². The number of nitrogens with two attached hydrogens (primary N) is 1. The largest absolute Gasteiger partial charge is 0.466 e. The topological polar surface area (TPSA) is 91.1 Å². The van der Waals surface area contributed by atoms with E-state index in [1.165, 1.54) is 25.7 Å². The van der Waals surface area contributed by atoms with E-state index in [0.717, 1.165) is 0 Å². The molecule has 1 heterocycles. The fraction of sp³-hybridized carbons (Fsp3) is 0.667. The molecule has 2 fully saturated rings. The Labute approximate surface area is 157 Å². The van der Waals surface area contributed by atoms with Crippen molar-refractivity contribution in [2.75, 3.05) is 26.3 Å². The molecule has 0 bridgehead atoms. The minimum Gasteiger partial charge on any atom is -0.466 e. The molecule has 1 saturated heterocycles. The summed E-state index contributed by atoms with van der Waals surface area (Å²) in [6.07, 6.45) is 0.0957. The monoisotopic (exact) mass is 388 g/mol. The lowest BCUT2D eigenvalue weighted by atomic mass is 9.91. The van der Waals surface area contributed by atoms with Gasteiger partial charge in [0.2, 0.25) is 0 Å². The van der Waals surface area contributed by atoms with Crippen molar-refractivity contribution in [1.29, 1.82) is 0 Å². The van der Waals surface area contributed by atoms with E-state index in [1.807, 2.05) is 0 Å². The van der Waals surface area contributed by atoms with Crippen LogP contribution in [0.4, 0.5) is 13.6 Å². The number of nitrogens with zero attached hydrogens (tertiary/aromatic N) is 1. The maximum atomic E-state index is 13.8. The van der Waals surface area contributed by atoms with Crippen LogP contribution in [-0.2, 0) is 19.0 Å². The molecule has 0 aromatic rings. The fourth-order valence-electron chi connectivity index (χ4n) is 2.81. The lowest BCUT2D eigenvalue weighted by Gasteiger charge is -2.47. The third-order valence-corrected chi connectivity index (χ3v) is 4.57. The average molecular weight is 388 g/mol. The Morgan fingerprint density at radius 3 is 2.37 bits per heavy atom. The van der Waals surface area contributed by atoms with Gasteiger partial charge < -0.3 is 24.8 Å². The summed E-state index contributed by atoms with van der Waals surface area (Å²) in [7, 11) is 0. The molecule has 9 heteroatoms. The van der Waals surface area contributed by atoms with Gasteiger partial charge in [0, 0.05) is 25.9 Å². The normalized spacial score (nSPS) is 24.1. The van der Waals surface area contributed by atoms with Gasteiger partial charge in [-0.2, -0.15) is 0 Å². The van der Waals surface area contributed by atoms with E-state index in [9.17, 15) is 18.4 Å². The molecule has 0 aromatic carbocycles. The smallest absolute Gasteiger partial charge is 0.410 e. The summed E-state index contributed by atoms with van der Waals surface area (Å²) < 4.78 is 42.8. The molecular weight excluding hydrogens is 362 g/mol. The van der Waals surface area contributed by atoms with E-state index in [0.29, 0.717) is 19.3 Å². The molecular formula is C18H26F2N2O5. The van der Waals surface area contributed by atoms with Crippen LogP contribution in [0.25, 0.3) is 0 Å². The summed E-state index contributed by atoms with van der Waals surface area (Å²) >= 11 is 0. The van der Waals surface area contributed by atoms with Crippen LogP contribution in [-0.4, -0.2) is 61.5 Å². The van der Waals surface area contributed by atoms with Crippen LogP contribution in [0.3, 0.4) is 0 Å². The third-order valence-electron chi connectivity index (χ3n) is 4.57. The number of halogens is 2. The van der Waals surface area contributed by atoms with Crippen molar-refractivity contribution >= 4 is 12.6 Å². The molecule has 1 amide bonds. The van der Waals surface area contributed by atoms with Gasteiger partial charge in [0.05, 0.1) is 18.2 Å². The van der Waals surface area contributed by atoms with Crippen molar-refractivity contribution in [2.45, 2.75) is 51.4 Å². The van der Waals surface area contributed by atoms with Crippen molar-refractivity contribution in [3.63, 3.8) is 0 Å². The van der Waals surface area contributed by atoms with Crippen molar-refractivity contribution in [1.82, 2.24) is 4.90 Å². The SMILES string of the molecule is CC(C)=C(F)/C(F)=C(\C)CO[C@H]1C[C@@H](OC(=O)N2CC(N)(COC=O)C2)C1. The van der Waals surface area contributed by atoms with Gasteiger partial charge in [-0.1, -0.05) is 0 Å². The predicted molar refractivity (Wildman–Crippen MR) is 93.0 cm³/mol. The Morgan fingerprint density at radius 2 is 1.81 bits per heavy atom.